The van der Waals surface area contributed by atoms with E-state index in [0.717, 1.165) is 22.5 Å². The summed E-state index contributed by atoms with van der Waals surface area (Å²) in [6, 6.07) is 5.61. The summed E-state index contributed by atoms with van der Waals surface area (Å²) >= 11 is 6.33. The molecular weight excluding hydrogens is 262 g/mol. The summed E-state index contributed by atoms with van der Waals surface area (Å²) in [4.78, 5) is 11.2. The number of benzene rings is 1. The average molecular weight is 278 g/mol. The van der Waals surface area contributed by atoms with Crippen LogP contribution < -0.4 is 0 Å². The van der Waals surface area contributed by atoms with Crippen LogP contribution in [0.3, 0.4) is 0 Å². The smallest absolute Gasteiger partial charge is 0.337 e. The van der Waals surface area contributed by atoms with Gasteiger partial charge in [-0.05, 0) is 51.0 Å². The van der Waals surface area contributed by atoms with Crippen LogP contribution in [0.1, 0.15) is 32.9 Å². The fourth-order valence-electron chi connectivity index (χ4n) is 2.51. The SMILES string of the molecule is Cc1cc(C)c(-n2c(C)cc(C(=O)O)c2C)c(Cl)c1. The van der Waals surface area contributed by atoms with Crippen molar-refractivity contribution in [1.29, 1.82) is 0 Å². The second kappa shape index (κ2) is 4.74. The number of rotatable bonds is 2. The third-order valence-electron chi connectivity index (χ3n) is 3.28. The standard InChI is InChI=1S/C15H16ClNO2/c1-8-5-9(2)14(13(16)6-8)17-10(3)7-12(11(17)4)15(18)19/h5-7H,1-4H3,(H,18,19). The number of aryl methyl sites for hydroxylation is 3. The third kappa shape index (κ3) is 2.26. The predicted octanol–water partition coefficient (Wildman–Crippen LogP) is 4.06. The first-order valence-electron chi connectivity index (χ1n) is 6.02. The molecule has 100 valence electrons. The number of carboxylic acid groups (broad SMARTS) is 1. The molecule has 1 aromatic carbocycles. The Balaban J connectivity index is 2.77. The van der Waals surface area contributed by atoms with Crippen LogP contribution in [0.2, 0.25) is 5.02 Å². The number of carboxylic acids is 1. The molecular formula is C15H16ClNO2. The van der Waals surface area contributed by atoms with E-state index in [0.29, 0.717) is 16.3 Å². The molecule has 1 N–H and O–H groups in total. The fourth-order valence-corrected chi connectivity index (χ4v) is 2.92. The number of halogens is 1. The van der Waals surface area contributed by atoms with Crippen LogP contribution in [-0.4, -0.2) is 15.6 Å². The van der Waals surface area contributed by atoms with E-state index in [2.05, 4.69) is 0 Å². The lowest BCUT2D eigenvalue weighted by molar-refractivity contribution is 0.0696. The topological polar surface area (TPSA) is 42.2 Å². The van der Waals surface area contributed by atoms with Crippen molar-refractivity contribution in [2.45, 2.75) is 27.7 Å². The van der Waals surface area contributed by atoms with Crippen LogP contribution in [-0.2, 0) is 0 Å². The Morgan fingerprint density at radius 3 is 2.26 bits per heavy atom. The summed E-state index contributed by atoms with van der Waals surface area (Å²) in [6.07, 6.45) is 0. The second-order valence-electron chi connectivity index (χ2n) is 4.84. The van der Waals surface area contributed by atoms with E-state index in [1.165, 1.54) is 0 Å². The van der Waals surface area contributed by atoms with Crippen molar-refractivity contribution < 1.29 is 9.90 Å². The molecule has 0 spiro atoms. The molecule has 0 aliphatic rings. The molecule has 0 amide bonds. The van der Waals surface area contributed by atoms with E-state index in [4.69, 9.17) is 11.6 Å². The Bertz CT molecular complexity index is 648. The summed E-state index contributed by atoms with van der Waals surface area (Å²) in [7, 11) is 0. The molecule has 1 aromatic heterocycles. The fraction of sp³-hybridized carbons (Fsp3) is 0.267. The van der Waals surface area contributed by atoms with Crippen molar-refractivity contribution in [3.05, 3.63) is 51.3 Å². The van der Waals surface area contributed by atoms with Crippen LogP contribution in [0.5, 0.6) is 0 Å². The van der Waals surface area contributed by atoms with Crippen LogP contribution in [0, 0.1) is 27.7 Å². The van der Waals surface area contributed by atoms with Gasteiger partial charge in [0, 0.05) is 11.4 Å². The normalized spacial score (nSPS) is 10.8. The van der Waals surface area contributed by atoms with Gasteiger partial charge in [0.25, 0.3) is 0 Å². The van der Waals surface area contributed by atoms with Gasteiger partial charge in [0.1, 0.15) is 0 Å². The lowest BCUT2D eigenvalue weighted by atomic mass is 10.1. The van der Waals surface area contributed by atoms with Crippen molar-refractivity contribution in [3.63, 3.8) is 0 Å². The quantitative estimate of drug-likeness (QED) is 0.899. The van der Waals surface area contributed by atoms with Crippen LogP contribution >= 0.6 is 11.6 Å². The van der Waals surface area contributed by atoms with Gasteiger partial charge in [-0.25, -0.2) is 4.79 Å². The number of hydrogen-bond acceptors (Lipinski definition) is 1. The van der Waals surface area contributed by atoms with Gasteiger partial charge in [0.15, 0.2) is 0 Å². The monoisotopic (exact) mass is 277 g/mol. The zero-order valence-corrected chi connectivity index (χ0v) is 12.2. The summed E-state index contributed by atoms with van der Waals surface area (Å²) in [5.41, 5.74) is 4.85. The molecule has 0 aliphatic carbocycles. The highest BCUT2D eigenvalue weighted by atomic mass is 35.5. The predicted molar refractivity (Wildman–Crippen MR) is 76.7 cm³/mol. The summed E-state index contributed by atoms with van der Waals surface area (Å²) < 4.78 is 1.90. The van der Waals surface area contributed by atoms with Crippen molar-refractivity contribution in [2.24, 2.45) is 0 Å². The van der Waals surface area contributed by atoms with Crippen LogP contribution in [0.25, 0.3) is 5.69 Å². The second-order valence-corrected chi connectivity index (χ2v) is 5.24. The Kier molecular flexibility index (Phi) is 3.42. The van der Waals surface area contributed by atoms with E-state index < -0.39 is 5.97 Å². The minimum atomic E-state index is -0.916. The number of aromatic nitrogens is 1. The van der Waals surface area contributed by atoms with Crippen molar-refractivity contribution in [2.75, 3.05) is 0 Å². The van der Waals surface area contributed by atoms with Crippen LogP contribution in [0.4, 0.5) is 0 Å². The Morgan fingerprint density at radius 1 is 1.16 bits per heavy atom. The van der Waals surface area contributed by atoms with Gasteiger partial charge in [-0.2, -0.15) is 0 Å². The van der Waals surface area contributed by atoms with E-state index in [1.807, 2.05) is 37.5 Å². The summed E-state index contributed by atoms with van der Waals surface area (Å²) in [6.45, 7) is 7.65. The lowest BCUT2D eigenvalue weighted by Gasteiger charge is -2.15. The maximum atomic E-state index is 11.2. The molecule has 1 heterocycles. The highest BCUT2D eigenvalue weighted by Gasteiger charge is 2.18. The van der Waals surface area contributed by atoms with Gasteiger partial charge in [0.05, 0.1) is 16.3 Å². The maximum absolute atomic E-state index is 11.2. The van der Waals surface area contributed by atoms with Crippen LogP contribution in [0.15, 0.2) is 18.2 Å². The first-order valence-corrected chi connectivity index (χ1v) is 6.40. The molecule has 0 bridgehead atoms. The summed E-state index contributed by atoms with van der Waals surface area (Å²) in [5, 5.41) is 9.82. The Labute approximate surface area is 117 Å². The molecule has 0 aliphatic heterocycles. The molecule has 3 nitrogen and oxygen atoms in total. The molecule has 4 heteroatoms. The number of carbonyl (C=O) groups is 1. The molecule has 0 saturated carbocycles. The molecule has 0 radical (unpaired) electrons. The van der Waals surface area contributed by atoms with Gasteiger partial charge in [-0.1, -0.05) is 17.7 Å². The molecule has 0 unspecified atom stereocenters. The molecule has 0 fully saturated rings. The van der Waals surface area contributed by atoms with E-state index >= 15 is 0 Å². The van der Waals surface area contributed by atoms with Gasteiger partial charge in [-0.3, -0.25) is 0 Å². The summed E-state index contributed by atoms with van der Waals surface area (Å²) in [5.74, 6) is -0.916. The van der Waals surface area contributed by atoms with Crippen molar-refractivity contribution in [3.8, 4) is 5.69 Å². The minimum Gasteiger partial charge on any atom is -0.478 e. The zero-order chi connectivity index (χ0) is 14.3. The van der Waals surface area contributed by atoms with Crippen molar-refractivity contribution in [1.82, 2.24) is 4.57 Å². The van der Waals surface area contributed by atoms with E-state index in [9.17, 15) is 9.90 Å². The van der Waals surface area contributed by atoms with Gasteiger partial charge in [-0.15, -0.1) is 0 Å². The highest BCUT2D eigenvalue weighted by Crippen LogP contribution is 2.30. The lowest BCUT2D eigenvalue weighted by Crippen LogP contribution is -2.05. The minimum absolute atomic E-state index is 0.313. The van der Waals surface area contributed by atoms with E-state index in [1.54, 1.807) is 13.0 Å². The zero-order valence-electron chi connectivity index (χ0n) is 11.4. The largest absolute Gasteiger partial charge is 0.478 e. The molecule has 19 heavy (non-hydrogen) atoms. The van der Waals surface area contributed by atoms with Gasteiger partial charge >= 0.3 is 5.97 Å². The molecule has 0 saturated heterocycles. The van der Waals surface area contributed by atoms with Gasteiger partial charge < -0.3 is 9.67 Å². The van der Waals surface area contributed by atoms with Crippen molar-refractivity contribution >= 4 is 17.6 Å². The Morgan fingerprint density at radius 2 is 1.79 bits per heavy atom. The first-order chi connectivity index (χ1) is 8.82. The average Bonchev–Trinajstić information content (AvgIpc) is 2.55. The van der Waals surface area contributed by atoms with E-state index in [-0.39, 0.29) is 0 Å². The molecule has 2 rings (SSSR count). The number of hydrogen-bond donors (Lipinski definition) is 1. The highest BCUT2D eigenvalue weighted by molar-refractivity contribution is 6.32. The molecule has 0 atom stereocenters. The maximum Gasteiger partial charge on any atom is 0.337 e. The first kappa shape index (κ1) is 13.7. The number of aromatic carboxylic acids is 1. The third-order valence-corrected chi connectivity index (χ3v) is 3.57. The molecule has 2 aromatic rings. The van der Waals surface area contributed by atoms with Gasteiger partial charge in [0.2, 0.25) is 0 Å². The number of nitrogens with zero attached hydrogens (tertiary/aromatic N) is 1. The Hall–Kier alpha value is -1.74.